The molecule has 0 spiro atoms. The van der Waals surface area contributed by atoms with E-state index in [4.69, 9.17) is 5.11 Å². The molecule has 2 N–H and O–H groups in total. The highest BCUT2D eigenvalue weighted by atomic mass is 16.4. The first-order valence-corrected chi connectivity index (χ1v) is 5.99. The van der Waals surface area contributed by atoms with Gasteiger partial charge in [-0.1, -0.05) is 0 Å². The summed E-state index contributed by atoms with van der Waals surface area (Å²) in [5.74, 6) is -0.453. The van der Waals surface area contributed by atoms with E-state index in [-0.39, 0.29) is 5.54 Å². The Kier molecular flexibility index (Phi) is 3.13. The molecule has 0 fully saturated rings. The third-order valence-corrected chi connectivity index (χ3v) is 2.72. The molecule has 2 rings (SSSR count). The van der Waals surface area contributed by atoms with Crippen LogP contribution in [0.25, 0.3) is 11.0 Å². The lowest BCUT2D eigenvalue weighted by Gasteiger charge is -2.19. The number of carboxylic acids is 1. The molecule has 0 aromatic carbocycles. The van der Waals surface area contributed by atoms with Crippen molar-refractivity contribution < 1.29 is 9.90 Å². The SMILES string of the molecule is CC(Nc1ncnc2c1cnn2C(C)(C)C)C(=O)O. The van der Waals surface area contributed by atoms with Gasteiger partial charge in [-0.15, -0.1) is 0 Å². The number of anilines is 1. The van der Waals surface area contributed by atoms with E-state index in [1.54, 1.807) is 17.8 Å². The molecule has 2 aromatic rings. The number of nitrogens with one attached hydrogen (secondary N) is 1. The van der Waals surface area contributed by atoms with Crippen molar-refractivity contribution in [3.8, 4) is 0 Å². The Hall–Kier alpha value is -2.18. The number of fused-ring (bicyclic) bond motifs is 1. The Labute approximate surface area is 110 Å². The topological polar surface area (TPSA) is 92.9 Å². The fourth-order valence-electron chi connectivity index (χ4n) is 1.72. The van der Waals surface area contributed by atoms with Crippen LogP contribution in [0.5, 0.6) is 0 Å². The van der Waals surface area contributed by atoms with Crippen molar-refractivity contribution in [2.24, 2.45) is 0 Å². The van der Waals surface area contributed by atoms with E-state index >= 15 is 0 Å². The number of aromatic nitrogens is 4. The molecule has 1 unspecified atom stereocenters. The zero-order valence-corrected chi connectivity index (χ0v) is 11.4. The second kappa shape index (κ2) is 4.49. The molecule has 7 nitrogen and oxygen atoms in total. The Morgan fingerprint density at radius 1 is 1.42 bits per heavy atom. The van der Waals surface area contributed by atoms with Gasteiger partial charge in [-0.2, -0.15) is 5.10 Å². The molecule has 0 saturated carbocycles. The van der Waals surface area contributed by atoms with Gasteiger partial charge in [-0.25, -0.2) is 14.6 Å². The van der Waals surface area contributed by atoms with Crippen LogP contribution in [-0.2, 0) is 10.3 Å². The first-order valence-electron chi connectivity index (χ1n) is 5.99. The van der Waals surface area contributed by atoms with Crippen LogP contribution in [0.15, 0.2) is 12.5 Å². The van der Waals surface area contributed by atoms with E-state index < -0.39 is 12.0 Å². The summed E-state index contributed by atoms with van der Waals surface area (Å²) in [4.78, 5) is 19.2. The van der Waals surface area contributed by atoms with E-state index in [0.717, 1.165) is 0 Å². The van der Waals surface area contributed by atoms with Gasteiger partial charge in [0.1, 0.15) is 18.2 Å². The van der Waals surface area contributed by atoms with Crippen molar-refractivity contribution in [2.75, 3.05) is 5.32 Å². The second-order valence-electron chi connectivity index (χ2n) is 5.39. The predicted octanol–water partition coefficient (Wildman–Crippen LogP) is 1.47. The summed E-state index contributed by atoms with van der Waals surface area (Å²) >= 11 is 0. The maximum Gasteiger partial charge on any atom is 0.325 e. The fourth-order valence-corrected chi connectivity index (χ4v) is 1.72. The Bertz CT molecular complexity index is 614. The average molecular weight is 263 g/mol. The van der Waals surface area contributed by atoms with Crippen LogP contribution in [0, 0.1) is 0 Å². The minimum absolute atomic E-state index is 0.203. The molecule has 2 heterocycles. The molecule has 0 bridgehead atoms. The highest BCUT2D eigenvalue weighted by molar-refractivity contribution is 5.88. The Balaban J connectivity index is 2.48. The summed E-state index contributed by atoms with van der Waals surface area (Å²) < 4.78 is 1.79. The zero-order chi connectivity index (χ0) is 14.2. The first-order chi connectivity index (χ1) is 8.80. The molecule has 7 heteroatoms. The van der Waals surface area contributed by atoms with Gasteiger partial charge < -0.3 is 10.4 Å². The standard InChI is InChI=1S/C12H17N5O2/c1-7(11(18)19)16-9-8-5-15-17(12(2,3)4)10(8)14-6-13-9/h5-7H,1-4H3,(H,18,19)(H,13,14,16). The van der Waals surface area contributed by atoms with Gasteiger partial charge in [0.25, 0.3) is 0 Å². The molecular weight excluding hydrogens is 246 g/mol. The van der Waals surface area contributed by atoms with E-state index in [9.17, 15) is 4.79 Å². The second-order valence-corrected chi connectivity index (χ2v) is 5.39. The number of hydrogen-bond acceptors (Lipinski definition) is 5. The summed E-state index contributed by atoms with van der Waals surface area (Å²) in [5.41, 5.74) is 0.480. The molecule has 1 atom stereocenters. The van der Waals surface area contributed by atoms with E-state index in [1.165, 1.54) is 6.33 Å². The van der Waals surface area contributed by atoms with Crippen molar-refractivity contribution in [1.29, 1.82) is 0 Å². The summed E-state index contributed by atoms with van der Waals surface area (Å²) in [6.45, 7) is 7.63. The molecule has 0 aliphatic carbocycles. The van der Waals surface area contributed by atoms with Crippen LogP contribution >= 0.6 is 0 Å². The molecule has 0 aliphatic heterocycles. The maximum atomic E-state index is 10.9. The molecular formula is C12H17N5O2. The quantitative estimate of drug-likeness (QED) is 0.871. The monoisotopic (exact) mass is 263 g/mol. The lowest BCUT2D eigenvalue weighted by Crippen LogP contribution is -2.26. The van der Waals surface area contributed by atoms with Crippen molar-refractivity contribution in [2.45, 2.75) is 39.3 Å². The summed E-state index contributed by atoms with van der Waals surface area (Å²) in [7, 11) is 0. The molecule has 0 aliphatic rings. The van der Waals surface area contributed by atoms with Gasteiger partial charge in [0, 0.05) is 0 Å². The molecule has 0 radical (unpaired) electrons. The number of carboxylic acid groups (broad SMARTS) is 1. The zero-order valence-electron chi connectivity index (χ0n) is 11.4. The lowest BCUT2D eigenvalue weighted by molar-refractivity contribution is -0.137. The smallest absolute Gasteiger partial charge is 0.325 e. The van der Waals surface area contributed by atoms with Crippen molar-refractivity contribution in [3.05, 3.63) is 12.5 Å². The van der Waals surface area contributed by atoms with Crippen LogP contribution in [0.4, 0.5) is 5.82 Å². The Morgan fingerprint density at radius 2 is 2.11 bits per heavy atom. The summed E-state index contributed by atoms with van der Waals surface area (Å²) in [6, 6.07) is -0.726. The van der Waals surface area contributed by atoms with E-state index in [2.05, 4.69) is 20.4 Å². The fraction of sp³-hybridized carbons (Fsp3) is 0.500. The number of carbonyl (C=O) groups is 1. The normalized spacial score (nSPS) is 13.5. The van der Waals surface area contributed by atoms with Crippen LogP contribution in [-0.4, -0.2) is 36.9 Å². The van der Waals surface area contributed by atoms with Crippen LogP contribution in [0.2, 0.25) is 0 Å². The molecule has 0 amide bonds. The third kappa shape index (κ3) is 2.49. The Morgan fingerprint density at radius 3 is 2.68 bits per heavy atom. The van der Waals surface area contributed by atoms with Crippen molar-refractivity contribution in [3.63, 3.8) is 0 Å². The molecule has 102 valence electrons. The molecule has 0 saturated heterocycles. The average Bonchev–Trinajstić information content (AvgIpc) is 2.73. The highest BCUT2D eigenvalue weighted by Crippen LogP contribution is 2.24. The number of aliphatic carboxylic acids is 1. The van der Waals surface area contributed by atoms with Gasteiger partial charge in [0.15, 0.2) is 5.65 Å². The van der Waals surface area contributed by atoms with Crippen molar-refractivity contribution in [1.82, 2.24) is 19.7 Å². The maximum absolute atomic E-state index is 10.9. The van der Waals surface area contributed by atoms with E-state index in [1.807, 2.05) is 20.8 Å². The van der Waals surface area contributed by atoms with Gasteiger partial charge in [0.2, 0.25) is 0 Å². The minimum Gasteiger partial charge on any atom is -0.480 e. The van der Waals surface area contributed by atoms with Crippen LogP contribution < -0.4 is 5.32 Å². The van der Waals surface area contributed by atoms with Gasteiger partial charge in [-0.05, 0) is 27.7 Å². The van der Waals surface area contributed by atoms with Crippen LogP contribution in [0.3, 0.4) is 0 Å². The number of hydrogen-bond donors (Lipinski definition) is 2. The molecule has 19 heavy (non-hydrogen) atoms. The summed E-state index contributed by atoms with van der Waals surface area (Å²) in [6.07, 6.45) is 3.06. The van der Waals surface area contributed by atoms with Crippen molar-refractivity contribution >= 4 is 22.8 Å². The van der Waals surface area contributed by atoms with E-state index in [0.29, 0.717) is 16.9 Å². The molecule has 2 aromatic heterocycles. The lowest BCUT2D eigenvalue weighted by atomic mass is 10.1. The number of rotatable bonds is 3. The summed E-state index contributed by atoms with van der Waals surface area (Å²) in [5, 5.41) is 16.8. The predicted molar refractivity (Wildman–Crippen MR) is 71.0 cm³/mol. The largest absolute Gasteiger partial charge is 0.480 e. The first kappa shape index (κ1) is 13.3. The third-order valence-electron chi connectivity index (χ3n) is 2.72. The van der Waals surface area contributed by atoms with Crippen LogP contribution in [0.1, 0.15) is 27.7 Å². The highest BCUT2D eigenvalue weighted by Gasteiger charge is 2.20. The number of nitrogens with zero attached hydrogens (tertiary/aromatic N) is 4. The van der Waals surface area contributed by atoms with Gasteiger partial charge in [-0.3, -0.25) is 4.79 Å². The van der Waals surface area contributed by atoms with Gasteiger partial charge in [0.05, 0.1) is 17.1 Å². The minimum atomic E-state index is -0.935. The van der Waals surface area contributed by atoms with Gasteiger partial charge >= 0.3 is 5.97 Å².